The number of carbonyl (C=O) groups is 1. The van der Waals surface area contributed by atoms with Gasteiger partial charge in [0.2, 0.25) is 0 Å². The second-order valence-electron chi connectivity index (χ2n) is 12.5. The molecule has 0 aliphatic carbocycles. The van der Waals surface area contributed by atoms with Crippen LogP contribution < -0.4 is 15.2 Å². The molecule has 1 amide bonds. The van der Waals surface area contributed by atoms with E-state index in [2.05, 4.69) is 14.9 Å². The topological polar surface area (TPSA) is 134 Å². The molecule has 3 aliphatic heterocycles. The molecule has 3 fully saturated rings. The van der Waals surface area contributed by atoms with E-state index >= 15 is 0 Å². The zero-order valence-electron chi connectivity index (χ0n) is 26.6. The SMILES string of the molecule is CC(C)(C)OC(=O)N1C2CC1CN(c1nc3c(OCc4ccccc4)ccc(-c4ccc(Cl)cn4)c3o1)C2.OB(O)c1ccc(F)cn1. The third-order valence-corrected chi connectivity index (χ3v) is 8.04. The lowest BCUT2D eigenvalue weighted by Crippen LogP contribution is -2.70. The standard InChI is InChI=1S/C29H29ClN4O4.C5H5BFNO2/c1-29(2,3)38-28(35)34-20-13-21(34)16-33(15-20)27-32-25-24(36-17-18-7-5-4-6-8-18)12-10-22(26(25)37-27)23-11-9-19(30)14-31-23;7-4-1-2-5(6(9)10)8-3-4/h4-12,14,20-21H,13,15-17H2,1-3H3;1-3,9-10H. The van der Waals surface area contributed by atoms with Crippen molar-refractivity contribution in [2.75, 3.05) is 18.0 Å². The molecule has 2 bridgehead atoms. The second-order valence-corrected chi connectivity index (χ2v) is 13.0. The maximum atomic E-state index is 12.7. The molecule has 3 saturated heterocycles. The van der Waals surface area contributed by atoms with Crippen molar-refractivity contribution < 1.29 is 33.1 Å². The number of hydrogen-bond donors (Lipinski definition) is 2. The Morgan fingerprint density at radius 1 is 1.02 bits per heavy atom. The Morgan fingerprint density at radius 3 is 2.40 bits per heavy atom. The highest BCUT2D eigenvalue weighted by molar-refractivity contribution is 6.57. The number of halogens is 2. The van der Waals surface area contributed by atoms with Crippen molar-refractivity contribution in [3.63, 3.8) is 0 Å². The van der Waals surface area contributed by atoms with E-state index < -0.39 is 18.5 Å². The number of anilines is 1. The number of piperidine rings is 1. The number of ether oxygens (including phenoxy) is 2. The van der Waals surface area contributed by atoms with Crippen LogP contribution in [0.4, 0.5) is 15.2 Å². The smallest absolute Gasteiger partial charge is 0.486 e. The van der Waals surface area contributed by atoms with Gasteiger partial charge in [0.1, 0.15) is 23.8 Å². The Kier molecular flexibility index (Phi) is 9.54. The van der Waals surface area contributed by atoms with E-state index in [0.29, 0.717) is 47.6 Å². The summed E-state index contributed by atoms with van der Waals surface area (Å²) in [6.45, 7) is 7.31. The number of carbonyl (C=O) groups excluding carboxylic acids is 1. The maximum absolute atomic E-state index is 12.7. The van der Waals surface area contributed by atoms with Crippen molar-refractivity contribution in [3.05, 3.63) is 95.5 Å². The van der Waals surface area contributed by atoms with Crippen molar-refractivity contribution >= 4 is 47.5 Å². The van der Waals surface area contributed by atoms with Crippen LogP contribution in [-0.2, 0) is 11.3 Å². The van der Waals surface area contributed by atoms with Crippen LogP contribution in [0, 0.1) is 5.82 Å². The van der Waals surface area contributed by atoms with Crippen molar-refractivity contribution in [2.24, 2.45) is 0 Å². The van der Waals surface area contributed by atoms with Gasteiger partial charge in [0, 0.05) is 24.8 Å². The molecule has 248 valence electrons. The van der Waals surface area contributed by atoms with Gasteiger partial charge in [-0.15, -0.1) is 0 Å². The van der Waals surface area contributed by atoms with Gasteiger partial charge < -0.3 is 28.8 Å². The van der Waals surface area contributed by atoms with Gasteiger partial charge in [-0.25, -0.2) is 9.18 Å². The number of pyridine rings is 2. The number of amides is 1. The van der Waals surface area contributed by atoms with Crippen LogP contribution in [0.1, 0.15) is 32.8 Å². The minimum atomic E-state index is -1.62. The largest absolute Gasteiger partial charge is 0.508 e. The van der Waals surface area contributed by atoms with Crippen LogP contribution in [0.5, 0.6) is 5.75 Å². The summed E-state index contributed by atoms with van der Waals surface area (Å²) in [6, 6.07) is 20.4. The molecule has 0 radical (unpaired) electrons. The molecule has 2 N–H and O–H groups in total. The number of hydrogen-bond acceptors (Lipinski definition) is 10. The summed E-state index contributed by atoms with van der Waals surface area (Å²) in [6.07, 6.45) is 3.22. The third-order valence-electron chi connectivity index (χ3n) is 7.82. The average molecular weight is 674 g/mol. The molecule has 0 spiro atoms. The molecule has 8 rings (SSSR count). The van der Waals surface area contributed by atoms with Crippen LogP contribution in [0.3, 0.4) is 0 Å². The highest BCUT2D eigenvalue weighted by atomic mass is 35.5. The summed E-state index contributed by atoms with van der Waals surface area (Å²) in [5.74, 6) is 0.138. The van der Waals surface area contributed by atoms with Gasteiger partial charge in [-0.05, 0) is 69.2 Å². The molecule has 48 heavy (non-hydrogen) atoms. The number of fused-ring (bicyclic) bond motifs is 3. The van der Waals surface area contributed by atoms with Gasteiger partial charge in [-0.3, -0.25) is 14.9 Å². The van der Waals surface area contributed by atoms with E-state index in [1.807, 2.05) is 74.2 Å². The van der Waals surface area contributed by atoms with Crippen LogP contribution >= 0.6 is 11.6 Å². The van der Waals surface area contributed by atoms with Crippen LogP contribution in [0.25, 0.3) is 22.4 Å². The summed E-state index contributed by atoms with van der Waals surface area (Å²) in [4.78, 5) is 29.4. The van der Waals surface area contributed by atoms with Gasteiger partial charge in [0.05, 0.1) is 34.6 Å². The normalized spacial score (nSPS) is 16.9. The first-order valence-electron chi connectivity index (χ1n) is 15.4. The zero-order chi connectivity index (χ0) is 34.0. The third kappa shape index (κ3) is 7.54. The molecule has 3 aliphatic rings. The summed E-state index contributed by atoms with van der Waals surface area (Å²) >= 11 is 6.07. The van der Waals surface area contributed by atoms with E-state index in [4.69, 9.17) is 40.5 Å². The van der Waals surface area contributed by atoms with Gasteiger partial charge in [-0.1, -0.05) is 41.9 Å². The van der Waals surface area contributed by atoms with Gasteiger partial charge in [0.25, 0.3) is 6.01 Å². The van der Waals surface area contributed by atoms with Gasteiger partial charge in [-0.2, -0.15) is 4.98 Å². The molecule has 3 aromatic heterocycles. The fourth-order valence-corrected chi connectivity index (χ4v) is 5.73. The Morgan fingerprint density at radius 2 is 1.77 bits per heavy atom. The zero-order valence-corrected chi connectivity index (χ0v) is 27.3. The molecule has 14 heteroatoms. The van der Waals surface area contributed by atoms with Crippen molar-refractivity contribution in [1.29, 1.82) is 0 Å². The van der Waals surface area contributed by atoms with E-state index in [1.165, 1.54) is 6.07 Å². The Balaban J connectivity index is 0.000000345. The summed E-state index contributed by atoms with van der Waals surface area (Å²) in [7, 11) is -1.62. The first-order valence-corrected chi connectivity index (χ1v) is 15.8. The molecular formula is C34H34BClFN5O6. The predicted octanol–water partition coefficient (Wildman–Crippen LogP) is 5.22. The number of benzene rings is 2. The van der Waals surface area contributed by atoms with Crippen LogP contribution in [0.15, 0.2) is 83.5 Å². The number of oxazole rings is 1. The highest BCUT2D eigenvalue weighted by Gasteiger charge is 2.49. The molecule has 6 heterocycles. The maximum Gasteiger partial charge on any atom is 0.508 e. The molecule has 2 unspecified atom stereocenters. The van der Waals surface area contributed by atoms with Crippen LogP contribution in [-0.4, -0.2) is 73.9 Å². The van der Waals surface area contributed by atoms with E-state index in [-0.39, 0.29) is 23.8 Å². The Hall–Kier alpha value is -4.72. The predicted molar refractivity (Wildman–Crippen MR) is 180 cm³/mol. The summed E-state index contributed by atoms with van der Waals surface area (Å²) in [5.41, 5.74) is 3.35. The fourth-order valence-electron chi connectivity index (χ4n) is 5.61. The lowest BCUT2D eigenvalue weighted by Gasteiger charge is -2.55. The highest BCUT2D eigenvalue weighted by Crippen LogP contribution is 2.40. The quantitative estimate of drug-likeness (QED) is 0.231. The molecular weight excluding hydrogens is 640 g/mol. The minimum absolute atomic E-state index is 0.0430. The molecule has 0 saturated carbocycles. The van der Waals surface area contributed by atoms with E-state index in [1.54, 1.807) is 12.3 Å². The second kappa shape index (κ2) is 13.8. The Bertz CT molecular complexity index is 1860. The lowest BCUT2D eigenvalue weighted by atomic mass is 9.86. The Labute approximate surface area is 282 Å². The average Bonchev–Trinajstić information content (AvgIpc) is 3.50. The summed E-state index contributed by atoms with van der Waals surface area (Å²) in [5, 5.41) is 17.5. The van der Waals surface area contributed by atoms with Crippen molar-refractivity contribution in [2.45, 2.75) is 51.5 Å². The number of aromatic nitrogens is 3. The van der Waals surface area contributed by atoms with E-state index in [0.717, 1.165) is 35.5 Å². The number of piperazine rings is 1. The lowest BCUT2D eigenvalue weighted by molar-refractivity contribution is -0.0386. The number of nitrogens with zero attached hydrogens (tertiary/aromatic N) is 5. The molecule has 2 aromatic carbocycles. The van der Waals surface area contributed by atoms with Crippen LogP contribution in [0.2, 0.25) is 5.02 Å². The van der Waals surface area contributed by atoms with Crippen molar-refractivity contribution in [1.82, 2.24) is 19.9 Å². The van der Waals surface area contributed by atoms with Crippen molar-refractivity contribution in [3.8, 4) is 17.0 Å². The number of rotatable bonds is 6. The first-order chi connectivity index (χ1) is 22.9. The summed E-state index contributed by atoms with van der Waals surface area (Å²) < 4.78 is 30.3. The monoisotopic (exact) mass is 673 g/mol. The molecule has 5 aromatic rings. The first kappa shape index (κ1) is 33.2. The van der Waals surface area contributed by atoms with Gasteiger partial charge >= 0.3 is 13.2 Å². The minimum Gasteiger partial charge on any atom is -0.486 e. The molecule has 11 nitrogen and oxygen atoms in total. The van der Waals surface area contributed by atoms with E-state index in [9.17, 15) is 9.18 Å². The molecule has 2 atom stereocenters. The fraction of sp³-hybridized carbons (Fsp3) is 0.294. The van der Waals surface area contributed by atoms with Gasteiger partial charge in [0.15, 0.2) is 11.1 Å².